The van der Waals surface area contributed by atoms with Crippen LogP contribution in [0.3, 0.4) is 0 Å². The van der Waals surface area contributed by atoms with Gasteiger partial charge >= 0.3 is 0 Å². The molecule has 0 bridgehead atoms. The molecule has 5 atom stereocenters. The van der Waals surface area contributed by atoms with E-state index >= 15 is 0 Å². The van der Waals surface area contributed by atoms with E-state index in [0.29, 0.717) is 22.8 Å². The maximum Gasteiger partial charge on any atom is 0.178 e. The van der Waals surface area contributed by atoms with Gasteiger partial charge in [-0.15, -0.1) is 0 Å². The average molecular weight is 345 g/mol. The minimum atomic E-state index is 0.0408. The number of halogens is 1. The molecule has 128 valence electrons. The van der Waals surface area contributed by atoms with E-state index in [1.54, 1.807) is 6.08 Å². The number of hydrogen-bond acceptors (Lipinski definition) is 2. The molecule has 2 nitrogen and oxygen atoms in total. The smallest absolute Gasteiger partial charge is 0.178 e. The summed E-state index contributed by atoms with van der Waals surface area (Å²) in [6.45, 7) is 4.65. The van der Waals surface area contributed by atoms with Crippen LogP contribution in [0.4, 0.5) is 0 Å². The topological polar surface area (TPSA) is 34.1 Å². The van der Waals surface area contributed by atoms with Crippen LogP contribution in [0.5, 0.6) is 0 Å². The summed E-state index contributed by atoms with van der Waals surface area (Å²) >= 11 is 6.26. The third kappa shape index (κ3) is 2.08. The second-order valence-corrected chi connectivity index (χ2v) is 8.95. The molecule has 0 saturated heterocycles. The van der Waals surface area contributed by atoms with Crippen molar-refractivity contribution in [3.63, 3.8) is 0 Å². The quantitative estimate of drug-likeness (QED) is 0.496. The van der Waals surface area contributed by atoms with Gasteiger partial charge in [-0.25, -0.2) is 0 Å². The van der Waals surface area contributed by atoms with Gasteiger partial charge in [0.15, 0.2) is 12.1 Å². The molecule has 4 rings (SSSR count). The van der Waals surface area contributed by atoms with Crippen LogP contribution in [0.15, 0.2) is 34.4 Å². The number of carbonyl (C=O) groups excluding carboxylic acids is 2. The van der Waals surface area contributed by atoms with Gasteiger partial charge in [-0.2, -0.15) is 0 Å². The molecular weight excluding hydrogens is 320 g/mol. The molecule has 0 aromatic heterocycles. The predicted octanol–water partition coefficient (Wildman–Crippen LogP) is 4.99. The normalized spacial score (nSPS) is 45.9. The zero-order valence-corrected chi connectivity index (χ0v) is 15.2. The standard InChI is InChI=1S/C21H25ClO2/c1-20-9-7-14(24)11-13(20)3-4-15-16-5-6-18(19(22)12-23)21(16,2)10-8-17(15)20/h7,9,11-12,15-17H,3-6,8,10H2,1-2H3/t15-,16-,17-,20-,21-/m0/s1. The lowest BCUT2D eigenvalue weighted by Crippen LogP contribution is -2.48. The number of fused-ring (bicyclic) bond motifs is 5. The zero-order valence-electron chi connectivity index (χ0n) is 14.5. The fourth-order valence-electron chi connectivity index (χ4n) is 6.47. The summed E-state index contributed by atoms with van der Waals surface area (Å²) in [6.07, 6.45) is 13.2. The van der Waals surface area contributed by atoms with E-state index in [9.17, 15) is 9.59 Å². The Kier molecular flexibility index (Phi) is 3.69. The van der Waals surface area contributed by atoms with Crippen molar-refractivity contribution in [2.75, 3.05) is 0 Å². The fourth-order valence-corrected chi connectivity index (χ4v) is 6.78. The summed E-state index contributed by atoms with van der Waals surface area (Å²) in [5.74, 6) is 2.03. The lowest BCUT2D eigenvalue weighted by Gasteiger charge is -2.56. The van der Waals surface area contributed by atoms with Gasteiger partial charge in [0.25, 0.3) is 0 Å². The summed E-state index contributed by atoms with van der Waals surface area (Å²) in [5, 5.41) is 0.448. The fraction of sp³-hybridized carbons (Fsp3) is 0.619. The molecule has 24 heavy (non-hydrogen) atoms. The number of carbonyl (C=O) groups is 2. The molecular formula is C21H25ClO2. The van der Waals surface area contributed by atoms with Gasteiger partial charge in [0.1, 0.15) is 0 Å². The predicted molar refractivity (Wildman–Crippen MR) is 95.6 cm³/mol. The van der Waals surface area contributed by atoms with Crippen LogP contribution in [0.25, 0.3) is 0 Å². The highest BCUT2D eigenvalue weighted by Crippen LogP contribution is 2.66. The first-order valence-electron chi connectivity index (χ1n) is 9.18. The van der Waals surface area contributed by atoms with E-state index in [0.717, 1.165) is 38.4 Å². The van der Waals surface area contributed by atoms with Gasteiger partial charge in [-0.05, 0) is 79.4 Å². The lowest BCUT2D eigenvalue weighted by molar-refractivity contribution is -0.111. The van der Waals surface area contributed by atoms with Crippen molar-refractivity contribution in [1.82, 2.24) is 0 Å². The van der Waals surface area contributed by atoms with E-state index in [2.05, 4.69) is 19.9 Å². The number of allylic oxidation sites excluding steroid dienone is 6. The van der Waals surface area contributed by atoms with Gasteiger partial charge in [-0.3, -0.25) is 9.59 Å². The summed E-state index contributed by atoms with van der Waals surface area (Å²) in [6, 6.07) is 0. The van der Waals surface area contributed by atoms with Crippen molar-refractivity contribution < 1.29 is 9.59 Å². The monoisotopic (exact) mass is 344 g/mol. The molecule has 0 unspecified atom stereocenters. The van der Waals surface area contributed by atoms with Crippen LogP contribution < -0.4 is 0 Å². The number of ketones is 1. The largest absolute Gasteiger partial charge is 0.297 e. The second kappa shape index (κ2) is 5.42. The van der Waals surface area contributed by atoms with Crippen molar-refractivity contribution in [3.05, 3.63) is 34.4 Å². The van der Waals surface area contributed by atoms with Crippen molar-refractivity contribution >= 4 is 23.7 Å². The maximum atomic E-state index is 11.8. The van der Waals surface area contributed by atoms with Crippen molar-refractivity contribution in [1.29, 1.82) is 0 Å². The highest BCUT2D eigenvalue weighted by atomic mass is 35.5. The van der Waals surface area contributed by atoms with E-state index in [-0.39, 0.29) is 16.6 Å². The number of aldehydes is 1. The van der Waals surface area contributed by atoms with E-state index < -0.39 is 0 Å². The first-order chi connectivity index (χ1) is 11.4. The first kappa shape index (κ1) is 16.3. The zero-order chi connectivity index (χ0) is 17.1. The second-order valence-electron chi connectivity index (χ2n) is 8.54. The molecule has 0 N–H and O–H groups in total. The Bertz CT molecular complexity index is 701. The van der Waals surface area contributed by atoms with Crippen LogP contribution in [0, 0.1) is 28.6 Å². The van der Waals surface area contributed by atoms with Crippen molar-refractivity contribution in [3.8, 4) is 0 Å². The van der Waals surface area contributed by atoms with E-state index in [1.165, 1.54) is 17.6 Å². The van der Waals surface area contributed by atoms with Crippen LogP contribution in [0.1, 0.15) is 52.4 Å². The Labute approximate surface area is 149 Å². The summed E-state index contributed by atoms with van der Waals surface area (Å²) in [4.78, 5) is 23.0. The van der Waals surface area contributed by atoms with Gasteiger partial charge in [0.2, 0.25) is 0 Å². The third-order valence-electron chi connectivity index (χ3n) is 7.73. The molecule has 0 aromatic carbocycles. The lowest BCUT2D eigenvalue weighted by atomic mass is 9.48. The third-order valence-corrected chi connectivity index (χ3v) is 8.05. The Morgan fingerprint density at radius 1 is 1.21 bits per heavy atom. The molecule has 3 saturated carbocycles. The molecule has 3 fully saturated rings. The first-order valence-corrected chi connectivity index (χ1v) is 9.56. The van der Waals surface area contributed by atoms with Gasteiger partial charge in [-0.1, -0.05) is 37.1 Å². The highest BCUT2D eigenvalue weighted by molar-refractivity contribution is 6.39. The Hall–Kier alpha value is -1.15. The molecule has 0 radical (unpaired) electrons. The van der Waals surface area contributed by atoms with E-state index in [4.69, 9.17) is 11.6 Å². The summed E-state index contributed by atoms with van der Waals surface area (Å²) in [5.41, 5.74) is 2.66. The molecule has 4 aliphatic rings. The summed E-state index contributed by atoms with van der Waals surface area (Å²) < 4.78 is 0. The van der Waals surface area contributed by atoms with Crippen LogP contribution in [0.2, 0.25) is 0 Å². The molecule has 0 aromatic rings. The van der Waals surface area contributed by atoms with Crippen LogP contribution in [-0.4, -0.2) is 12.1 Å². The van der Waals surface area contributed by atoms with Gasteiger partial charge < -0.3 is 0 Å². The van der Waals surface area contributed by atoms with Gasteiger partial charge in [0, 0.05) is 5.41 Å². The Morgan fingerprint density at radius 3 is 2.75 bits per heavy atom. The van der Waals surface area contributed by atoms with Gasteiger partial charge in [0.05, 0.1) is 5.03 Å². The number of rotatable bonds is 1. The van der Waals surface area contributed by atoms with Crippen molar-refractivity contribution in [2.24, 2.45) is 28.6 Å². The van der Waals surface area contributed by atoms with E-state index in [1.807, 2.05) is 6.08 Å². The molecule has 0 amide bonds. The molecule has 0 aliphatic heterocycles. The Balaban J connectivity index is 1.71. The van der Waals surface area contributed by atoms with Crippen LogP contribution in [-0.2, 0) is 9.59 Å². The SMILES string of the molecule is C[C@]12C=CC(=O)C=C1CC[C@@H]1[C@@H]2CC[C@]2(C)C(=C(Cl)C=O)CC[C@@H]12. The molecule has 4 aliphatic carbocycles. The average Bonchev–Trinajstić information content (AvgIpc) is 2.92. The molecule has 3 heteroatoms. The highest BCUT2D eigenvalue weighted by Gasteiger charge is 2.57. The van der Waals surface area contributed by atoms with Crippen LogP contribution >= 0.6 is 11.6 Å². The molecule has 0 heterocycles. The maximum absolute atomic E-state index is 11.8. The minimum Gasteiger partial charge on any atom is -0.297 e. The Morgan fingerprint density at radius 2 is 2.00 bits per heavy atom. The summed E-state index contributed by atoms with van der Waals surface area (Å²) in [7, 11) is 0. The number of hydrogen-bond donors (Lipinski definition) is 0. The minimum absolute atomic E-state index is 0.0408. The van der Waals surface area contributed by atoms with Crippen molar-refractivity contribution in [2.45, 2.75) is 52.4 Å². The molecule has 0 spiro atoms.